The summed E-state index contributed by atoms with van der Waals surface area (Å²) in [5.74, 6) is -0.856. The van der Waals surface area contributed by atoms with Gasteiger partial charge in [0, 0.05) is 12.5 Å². The van der Waals surface area contributed by atoms with Crippen molar-refractivity contribution in [1.29, 1.82) is 0 Å². The monoisotopic (exact) mass is 626 g/mol. The number of nitrogens with one attached hydrogen (secondary N) is 2. The fourth-order valence-electron chi connectivity index (χ4n) is 5.66. The SMILES string of the molecule is CC(C)C[C@H](NC(=O)OCC1c2ccccc2-c2ccccc21)C(=O)N[C@@H](CCCN=C(N)N)C(=O)c1nc2ccccc2s1. The summed E-state index contributed by atoms with van der Waals surface area (Å²) >= 11 is 1.27. The van der Waals surface area contributed by atoms with E-state index in [1.807, 2.05) is 74.5 Å². The fourth-order valence-corrected chi connectivity index (χ4v) is 6.62. The summed E-state index contributed by atoms with van der Waals surface area (Å²) < 4.78 is 6.59. The molecule has 0 saturated heterocycles. The lowest BCUT2D eigenvalue weighted by molar-refractivity contribution is -0.124. The van der Waals surface area contributed by atoms with Gasteiger partial charge in [0.1, 0.15) is 12.6 Å². The number of carbonyl (C=O) groups is 3. The number of aromatic nitrogens is 1. The number of thiazole rings is 1. The van der Waals surface area contributed by atoms with E-state index in [0.29, 0.717) is 29.9 Å². The van der Waals surface area contributed by atoms with Crippen molar-refractivity contribution in [3.05, 3.63) is 88.9 Å². The highest BCUT2D eigenvalue weighted by Gasteiger charge is 2.32. The van der Waals surface area contributed by atoms with Crippen LogP contribution in [-0.4, -0.2) is 54.0 Å². The van der Waals surface area contributed by atoms with Crippen LogP contribution < -0.4 is 22.1 Å². The molecule has 6 N–H and O–H groups in total. The minimum absolute atomic E-state index is 0.0441. The van der Waals surface area contributed by atoms with Gasteiger partial charge in [0.2, 0.25) is 11.7 Å². The zero-order valence-corrected chi connectivity index (χ0v) is 26.2. The van der Waals surface area contributed by atoms with Gasteiger partial charge in [0.15, 0.2) is 11.0 Å². The maximum absolute atomic E-state index is 13.6. The number of carbonyl (C=O) groups excluding carboxylic acids is 3. The molecular weight excluding hydrogens is 588 g/mol. The summed E-state index contributed by atoms with van der Waals surface area (Å²) in [5.41, 5.74) is 16.1. The van der Waals surface area contributed by atoms with Gasteiger partial charge in [0.25, 0.3) is 0 Å². The molecule has 0 aliphatic heterocycles. The lowest BCUT2D eigenvalue weighted by atomic mass is 9.98. The molecule has 0 unspecified atom stereocenters. The molecule has 0 spiro atoms. The number of Topliss-reactive ketones (excluding diaryl/α,β-unsaturated/α-hetero) is 1. The Hall–Kier alpha value is -4.77. The van der Waals surface area contributed by atoms with Crippen molar-refractivity contribution in [3.63, 3.8) is 0 Å². The highest BCUT2D eigenvalue weighted by Crippen LogP contribution is 2.44. The lowest BCUT2D eigenvalue weighted by Crippen LogP contribution is -2.52. The number of fused-ring (bicyclic) bond motifs is 4. The number of ether oxygens (including phenoxy) is 1. The molecule has 0 fully saturated rings. The van der Waals surface area contributed by atoms with Crippen molar-refractivity contribution in [2.24, 2.45) is 22.4 Å². The Morgan fingerprint density at radius 2 is 1.56 bits per heavy atom. The number of benzene rings is 3. The maximum atomic E-state index is 13.6. The molecule has 1 aliphatic rings. The fraction of sp³-hybridized carbons (Fsp3) is 0.324. The van der Waals surface area contributed by atoms with Gasteiger partial charge < -0.3 is 26.8 Å². The van der Waals surface area contributed by atoms with Crippen LogP contribution in [0, 0.1) is 5.92 Å². The van der Waals surface area contributed by atoms with E-state index in [1.165, 1.54) is 11.3 Å². The summed E-state index contributed by atoms with van der Waals surface area (Å²) in [4.78, 5) is 48.9. The van der Waals surface area contributed by atoms with Crippen molar-refractivity contribution in [3.8, 4) is 11.1 Å². The summed E-state index contributed by atoms with van der Waals surface area (Å²) in [6.45, 7) is 4.34. The van der Waals surface area contributed by atoms with Crippen LogP contribution in [0.3, 0.4) is 0 Å². The molecule has 2 atom stereocenters. The second-order valence-electron chi connectivity index (χ2n) is 11.5. The van der Waals surface area contributed by atoms with Crippen LogP contribution in [-0.2, 0) is 9.53 Å². The van der Waals surface area contributed by atoms with E-state index in [4.69, 9.17) is 16.2 Å². The number of rotatable bonds is 13. The number of alkyl carbamates (subject to hydrolysis) is 1. The molecule has 234 valence electrons. The minimum Gasteiger partial charge on any atom is -0.449 e. The zero-order chi connectivity index (χ0) is 31.9. The average molecular weight is 627 g/mol. The van der Waals surface area contributed by atoms with E-state index in [0.717, 1.165) is 27.0 Å². The second-order valence-corrected chi connectivity index (χ2v) is 12.5. The Kier molecular flexibility index (Phi) is 10.1. The first-order chi connectivity index (χ1) is 21.7. The predicted molar refractivity (Wildman–Crippen MR) is 177 cm³/mol. The van der Waals surface area contributed by atoms with E-state index in [-0.39, 0.29) is 36.6 Å². The molecule has 45 heavy (non-hydrogen) atoms. The van der Waals surface area contributed by atoms with Crippen molar-refractivity contribution in [1.82, 2.24) is 15.6 Å². The zero-order valence-electron chi connectivity index (χ0n) is 25.4. The topological polar surface area (TPSA) is 162 Å². The molecule has 1 aliphatic carbocycles. The average Bonchev–Trinajstić information content (AvgIpc) is 3.60. The first-order valence-electron chi connectivity index (χ1n) is 15.1. The van der Waals surface area contributed by atoms with Crippen LogP contribution in [0.25, 0.3) is 21.3 Å². The van der Waals surface area contributed by atoms with E-state index in [1.54, 1.807) is 0 Å². The van der Waals surface area contributed by atoms with Crippen LogP contribution in [0.4, 0.5) is 4.79 Å². The third kappa shape index (κ3) is 7.66. The number of amides is 2. The lowest BCUT2D eigenvalue weighted by Gasteiger charge is -2.24. The first kappa shape index (κ1) is 31.6. The Bertz CT molecular complexity index is 1640. The molecule has 0 radical (unpaired) electrons. The summed E-state index contributed by atoms with van der Waals surface area (Å²) in [6.07, 6.45) is 0.399. The number of nitrogens with zero attached hydrogens (tertiary/aromatic N) is 2. The van der Waals surface area contributed by atoms with Crippen LogP contribution >= 0.6 is 11.3 Å². The molecule has 2 amide bonds. The predicted octanol–water partition coefficient (Wildman–Crippen LogP) is 4.97. The van der Waals surface area contributed by atoms with Gasteiger partial charge in [-0.1, -0.05) is 74.5 Å². The van der Waals surface area contributed by atoms with E-state index >= 15 is 0 Å². The number of hydrogen-bond donors (Lipinski definition) is 4. The molecule has 10 nitrogen and oxygen atoms in total. The molecule has 1 aromatic heterocycles. The van der Waals surface area contributed by atoms with Crippen LogP contribution in [0.15, 0.2) is 77.8 Å². The highest BCUT2D eigenvalue weighted by atomic mass is 32.1. The molecule has 3 aromatic carbocycles. The molecule has 11 heteroatoms. The standard InChI is InChI=1S/C34H38N6O4S/c1-20(2)18-28(40-34(43)44-19-25-23-12-5-3-10-21(23)22-11-4-6-13-24(22)25)31(42)38-27(15-9-17-37-33(35)36)30(41)32-39-26-14-7-8-16-29(26)45-32/h3-8,10-14,16,20,25,27-28H,9,15,17-19H2,1-2H3,(H,38,42)(H,40,43)(H4,35,36,37)/t27-,28-/m0/s1. The number of ketones is 1. The number of nitrogens with two attached hydrogens (primary N) is 2. The molecular formula is C34H38N6O4S. The maximum Gasteiger partial charge on any atom is 0.407 e. The summed E-state index contributed by atoms with van der Waals surface area (Å²) in [7, 11) is 0. The van der Waals surface area contributed by atoms with Crippen molar-refractivity contribution in [2.75, 3.05) is 13.2 Å². The number of guanidine groups is 1. The van der Waals surface area contributed by atoms with Crippen LogP contribution in [0.5, 0.6) is 0 Å². The summed E-state index contributed by atoms with van der Waals surface area (Å²) in [6, 6.07) is 21.9. The number of hydrogen-bond acceptors (Lipinski definition) is 7. The largest absolute Gasteiger partial charge is 0.449 e. The Morgan fingerprint density at radius 3 is 2.20 bits per heavy atom. The number of aliphatic imine (C=N–C) groups is 1. The quantitative estimate of drug-likeness (QED) is 0.0705. The van der Waals surface area contributed by atoms with Gasteiger partial charge in [-0.3, -0.25) is 14.6 Å². The Balaban J connectivity index is 1.27. The van der Waals surface area contributed by atoms with Gasteiger partial charge in [-0.25, -0.2) is 9.78 Å². The first-order valence-corrected chi connectivity index (χ1v) is 15.9. The second kappa shape index (κ2) is 14.3. The highest BCUT2D eigenvalue weighted by molar-refractivity contribution is 7.20. The van der Waals surface area contributed by atoms with Crippen molar-refractivity contribution >= 4 is 45.3 Å². The van der Waals surface area contributed by atoms with Gasteiger partial charge in [-0.05, 0) is 59.6 Å². The van der Waals surface area contributed by atoms with Crippen LogP contribution in [0.1, 0.15) is 60.0 Å². The third-order valence-corrected chi connectivity index (χ3v) is 8.79. The minimum atomic E-state index is -0.913. The van der Waals surface area contributed by atoms with E-state index < -0.39 is 24.1 Å². The molecule has 0 saturated carbocycles. The van der Waals surface area contributed by atoms with Gasteiger partial charge in [-0.2, -0.15) is 0 Å². The van der Waals surface area contributed by atoms with E-state index in [9.17, 15) is 14.4 Å². The van der Waals surface area contributed by atoms with E-state index in [2.05, 4.69) is 32.7 Å². The smallest absolute Gasteiger partial charge is 0.407 e. The van der Waals surface area contributed by atoms with Gasteiger partial charge in [0.05, 0.1) is 16.3 Å². The number of para-hydroxylation sites is 1. The Labute approximate surface area is 266 Å². The van der Waals surface area contributed by atoms with Gasteiger partial charge in [-0.15, -0.1) is 11.3 Å². The van der Waals surface area contributed by atoms with Crippen molar-refractivity contribution in [2.45, 2.75) is 51.1 Å². The normalized spacial score (nSPS) is 13.5. The third-order valence-electron chi connectivity index (χ3n) is 7.74. The van der Waals surface area contributed by atoms with Gasteiger partial charge >= 0.3 is 6.09 Å². The molecule has 0 bridgehead atoms. The summed E-state index contributed by atoms with van der Waals surface area (Å²) in [5, 5.41) is 5.93. The molecule has 5 rings (SSSR count). The molecule has 1 heterocycles. The Morgan fingerprint density at radius 1 is 0.911 bits per heavy atom. The molecule has 4 aromatic rings. The van der Waals surface area contributed by atoms with Crippen molar-refractivity contribution < 1.29 is 19.1 Å². The van der Waals surface area contributed by atoms with Crippen LogP contribution in [0.2, 0.25) is 0 Å².